The molecule has 1 aliphatic rings. The van der Waals surface area contributed by atoms with E-state index >= 15 is 0 Å². The van der Waals surface area contributed by atoms with Crippen molar-refractivity contribution in [3.8, 4) is 11.5 Å². The SMILES string of the molecule is CCCCCCOc1ccc(C2c3c(oc4ccc(F)cc4c3=O)C(=O)N2c2ccc(C(=O)OCCCC)cc2)cc1OC. The molecule has 0 bridgehead atoms. The van der Waals surface area contributed by atoms with Crippen LogP contribution in [0.15, 0.2) is 69.9 Å². The van der Waals surface area contributed by atoms with Crippen molar-refractivity contribution in [3.63, 3.8) is 0 Å². The summed E-state index contributed by atoms with van der Waals surface area (Å²) in [6.07, 6.45) is 5.88. The van der Waals surface area contributed by atoms with Crippen LogP contribution in [0.25, 0.3) is 11.0 Å². The van der Waals surface area contributed by atoms with Crippen LogP contribution < -0.4 is 19.8 Å². The smallest absolute Gasteiger partial charge is 0.338 e. The van der Waals surface area contributed by atoms with Gasteiger partial charge in [-0.15, -0.1) is 0 Å². The predicted molar refractivity (Wildman–Crippen MR) is 165 cm³/mol. The number of methoxy groups -OCH3 is 1. The van der Waals surface area contributed by atoms with Gasteiger partial charge in [0, 0.05) is 5.69 Å². The molecular formula is C35H36FNO7. The summed E-state index contributed by atoms with van der Waals surface area (Å²) >= 11 is 0. The number of benzene rings is 3. The van der Waals surface area contributed by atoms with Gasteiger partial charge in [-0.2, -0.15) is 0 Å². The van der Waals surface area contributed by atoms with E-state index in [2.05, 4.69) is 6.92 Å². The molecule has 0 fully saturated rings. The Morgan fingerprint density at radius 1 is 0.886 bits per heavy atom. The summed E-state index contributed by atoms with van der Waals surface area (Å²) in [5.74, 6) is -0.731. The van der Waals surface area contributed by atoms with Crippen molar-refractivity contribution < 1.29 is 32.6 Å². The van der Waals surface area contributed by atoms with E-state index in [9.17, 15) is 18.8 Å². The Morgan fingerprint density at radius 2 is 1.66 bits per heavy atom. The van der Waals surface area contributed by atoms with Crippen molar-refractivity contribution in [3.05, 3.63) is 99.2 Å². The lowest BCUT2D eigenvalue weighted by atomic mass is 9.97. The highest BCUT2D eigenvalue weighted by Gasteiger charge is 2.44. The second-order valence-corrected chi connectivity index (χ2v) is 10.7. The molecule has 1 aromatic heterocycles. The highest BCUT2D eigenvalue weighted by atomic mass is 19.1. The molecule has 0 saturated heterocycles. The molecule has 5 rings (SSSR count). The average Bonchev–Trinajstić information content (AvgIpc) is 3.33. The topological polar surface area (TPSA) is 95.3 Å². The first-order valence-corrected chi connectivity index (χ1v) is 15.1. The number of fused-ring (bicyclic) bond motifs is 2. The number of anilines is 1. The largest absolute Gasteiger partial charge is 0.493 e. The third-order valence-electron chi connectivity index (χ3n) is 7.70. The first-order chi connectivity index (χ1) is 21.4. The molecule has 3 aromatic carbocycles. The summed E-state index contributed by atoms with van der Waals surface area (Å²) in [7, 11) is 1.53. The zero-order chi connectivity index (χ0) is 31.2. The molecular weight excluding hydrogens is 565 g/mol. The van der Waals surface area contributed by atoms with Gasteiger partial charge in [0.1, 0.15) is 11.4 Å². The van der Waals surface area contributed by atoms with Crippen molar-refractivity contribution in [2.75, 3.05) is 25.2 Å². The quantitative estimate of drug-likeness (QED) is 0.115. The Labute approximate surface area is 255 Å². The van der Waals surface area contributed by atoms with Crippen LogP contribution in [0.2, 0.25) is 0 Å². The van der Waals surface area contributed by atoms with Gasteiger partial charge >= 0.3 is 5.97 Å². The predicted octanol–water partition coefficient (Wildman–Crippen LogP) is 7.61. The number of ether oxygens (including phenoxy) is 3. The summed E-state index contributed by atoms with van der Waals surface area (Å²) < 4.78 is 37.1. The fraction of sp³-hybridized carbons (Fsp3) is 0.343. The van der Waals surface area contributed by atoms with Crippen LogP contribution in [0.1, 0.15) is 90.5 Å². The van der Waals surface area contributed by atoms with Gasteiger partial charge in [0.2, 0.25) is 5.76 Å². The Hall–Kier alpha value is -4.66. The normalized spacial score (nSPS) is 14.1. The van der Waals surface area contributed by atoms with E-state index in [0.717, 1.165) is 44.6 Å². The van der Waals surface area contributed by atoms with Gasteiger partial charge in [-0.25, -0.2) is 9.18 Å². The molecule has 4 aromatic rings. The van der Waals surface area contributed by atoms with Crippen LogP contribution >= 0.6 is 0 Å². The Bertz CT molecular complexity index is 1710. The zero-order valence-corrected chi connectivity index (χ0v) is 25.2. The number of carbonyl (C=O) groups is 2. The number of amides is 1. The molecule has 8 nitrogen and oxygen atoms in total. The van der Waals surface area contributed by atoms with Gasteiger partial charge in [-0.1, -0.05) is 45.6 Å². The van der Waals surface area contributed by atoms with Crippen LogP contribution in [0.3, 0.4) is 0 Å². The molecule has 9 heteroatoms. The number of esters is 1. The summed E-state index contributed by atoms with van der Waals surface area (Å²) in [5.41, 5.74) is 1.03. The molecule has 0 saturated carbocycles. The monoisotopic (exact) mass is 601 g/mol. The third-order valence-corrected chi connectivity index (χ3v) is 7.70. The lowest BCUT2D eigenvalue weighted by molar-refractivity contribution is 0.0499. The van der Waals surface area contributed by atoms with Crippen LogP contribution in [-0.4, -0.2) is 32.2 Å². The maximum absolute atomic E-state index is 14.2. The Kier molecular flexibility index (Phi) is 9.62. The molecule has 230 valence electrons. The van der Waals surface area contributed by atoms with Crippen LogP contribution in [-0.2, 0) is 4.74 Å². The fourth-order valence-corrected chi connectivity index (χ4v) is 5.36. The van der Waals surface area contributed by atoms with Crippen LogP contribution in [0.4, 0.5) is 10.1 Å². The summed E-state index contributed by atoms with van der Waals surface area (Å²) in [5, 5.41) is 0.0348. The summed E-state index contributed by atoms with van der Waals surface area (Å²) in [6.45, 7) is 5.00. The van der Waals surface area contributed by atoms with E-state index in [1.165, 1.54) is 24.1 Å². The van der Waals surface area contributed by atoms with E-state index in [1.54, 1.807) is 42.5 Å². The zero-order valence-electron chi connectivity index (χ0n) is 25.2. The number of rotatable bonds is 13. The van der Waals surface area contributed by atoms with Crippen molar-refractivity contribution in [1.82, 2.24) is 0 Å². The first kappa shape index (κ1) is 30.8. The van der Waals surface area contributed by atoms with Gasteiger partial charge in [0.05, 0.1) is 42.9 Å². The van der Waals surface area contributed by atoms with E-state index in [-0.39, 0.29) is 22.3 Å². The van der Waals surface area contributed by atoms with Gasteiger partial charge in [0.15, 0.2) is 16.9 Å². The molecule has 1 amide bonds. The number of carbonyl (C=O) groups excluding carboxylic acids is 2. The second-order valence-electron chi connectivity index (χ2n) is 10.7. The lowest BCUT2D eigenvalue weighted by Gasteiger charge is -2.26. The number of nitrogens with zero attached hydrogens (tertiary/aromatic N) is 1. The minimum atomic E-state index is -0.920. The maximum Gasteiger partial charge on any atom is 0.338 e. The van der Waals surface area contributed by atoms with Crippen molar-refractivity contribution in [2.24, 2.45) is 0 Å². The number of halogens is 1. The molecule has 0 radical (unpaired) electrons. The van der Waals surface area contributed by atoms with Crippen LogP contribution in [0, 0.1) is 5.82 Å². The average molecular weight is 602 g/mol. The molecule has 1 atom stereocenters. The van der Waals surface area contributed by atoms with E-state index in [4.69, 9.17) is 18.6 Å². The standard InChI is InChI=1S/C35H36FNO7/c1-4-6-8-9-19-42-28-16-12-23(20-29(28)41-3)31-30-32(38)26-21-24(36)13-17-27(26)44-33(30)34(39)37(31)25-14-10-22(11-15-25)35(40)43-18-7-5-2/h10-17,20-21,31H,4-9,18-19H2,1-3H3. The van der Waals surface area contributed by atoms with E-state index < -0.39 is 29.2 Å². The number of hydrogen-bond acceptors (Lipinski definition) is 7. The Balaban J connectivity index is 1.57. The number of unbranched alkanes of at least 4 members (excludes halogenated alkanes) is 4. The van der Waals surface area contributed by atoms with Gasteiger partial charge in [-0.3, -0.25) is 14.5 Å². The molecule has 2 heterocycles. The molecule has 0 spiro atoms. The highest BCUT2D eigenvalue weighted by Crippen LogP contribution is 2.43. The third kappa shape index (κ3) is 6.18. The molecule has 44 heavy (non-hydrogen) atoms. The van der Waals surface area contributed by atoms with Gasteiger partial charge < -0.3 is 18.6 Å². The number of hydrogen-bond donors (Lipinski definition) is 0. The lowest BCUT2D eigenvalue weighted by Crippen LogP contribution is -2.29. The summed E-state index contributed by atoms with van der Waals surface area (Å²) in [4.78, 5) is 41.8. The van der Waals surface area contributed by atoms with Crippen molar-refractivity contribution in [2.45, 2.75) is 58.4 Å². The minimum Gasteiger partial charge on any atom is -0.493 e. The second kappa shape index (κ2) is 13.8. The maximum atomic E-state index is 14.2. The van der Waals surface area contributed by atoms with Gasteiger partial charge in [-0.05, 0) is 73.0 Å². The highest BCUT2D eigenvalue weighted by molar-refractivity contribution is 6.10. The van der Waals surface area contributed by atoms with Gasteiger partial charge in [0.25, 0.3) is 5.91 Å². The summed E-state index contributed by atoms with van der Waals surface area (Å²) in [6, 6.07) is 14.4. The molecule has 0 N–H and O–H groups in total. The van der Waals surface area contributed by atoms with E-state index in [0.29, 0.717) is 41.5 Å². The van der Waals surface area contributed by atoms with E-state index in [1.807, 2.05) is 6.92 Å². The Morgan fingerprint density at radius 3 is 2.39 bits per heavy atom. The first-order valence-electron chi connectivity index (χ1n) is 15.1. The fourth-order valence-electron chi connectivity index (χ4n) is 5.36. The van der Waals surface area contributed by atoms with Crippen LogP contribution in [0.5, 0.6) is 11.5 Å². The molecule has 0 aliphatic carbocycles. The van der Waals surface area contributed by atoms with Crippen molar-refractivity contribution in [1.29, 1.82) is 0 Å². The molecule has 1 aliphatic heterocycles. The van der Waals surface area contributed by atoms with Crippen molar-refractivity contribution >= 4 is 28.5 Å². The molecule has 1 unspecified atom stereocenters. The minimum absolute atomic E-state index is 0.0348.